The summed E-state index contributed by atoms with van der Waals surface area (Å²) in [5.41, 5.74) is 1.10. The Morgan fingerprint density at radius 3 is 2.50 bits per heavy atom. The molecule has 1 N–H and O–H groups in total. The number of aryl methyl sites for hydroxylation is 1. The number of ether oxygens (including phenoxy) is 2. The zero-order valence-electron chi connectivity index (χ0n) is 14.7. The molecule has 3 rings (SSSR count). The number of carbonyl (C=O) groups is 1. The van der Waals surface area contributed by atoms with Crippen LogP contribution >= 0.6 is 0 Å². The third kappa shape index (κ3) is 3.96. The third-order valence-corrected chi connectivity index (χ3v) is 3.90. The minimum Gasteiger partial charge on any atom is -0.494 e. The van der Waals surface area contributed by atoms with Gasteiger partial charge in [-0.25, -0.2) is 4.39 Å². The normalized spacial score (nSPS) is 10.7. The van der Waals surface area contributed by atoms with Gasteiger partial charge in [-0.15, -0.1) is 0 Å². The smallest absolute Gasteiger partial charge is 0.287 e. The van der Waals surface area contributed by atoms with E-state index in [4.69, 9.17) is 13.9 Å². The van der Waals surface area contributed by atoms with Gasteiger partial charge in [-0.3, -0.25) is 4.79 Å². The summed E-state index contributed by atoms with van der Waals surface area (Å²) >= 11 is 0. The fourth-order valence-corrected chi connectivity index (χ4v) is 2.62. The SMILES string of the molecule is CCOc1ccc(OCCNC(=O)c2oc3ccc(F)cc3c2C)cc1. The van der Waals surface area contributed by atoms with E-state index in [-0.39, 0.29) is 17.5 Å². The lowest BCUT2D eigenvalue weighted by Crippen LogP contribution is -2.28. The molecule has 1 heterocycles. The van der Waals surface area contributed by atoms with E-state index >= 15 is 0 Å². The lowest BCUT2D eigenvalue weighted by atomic mass is 10.1. The first-order valence-electron chi connectivity index (χ1n) is 8.41. The maximum absolute atomic E-state index is 13.3. The lowest BCUT2D eigenvalue weighted by molar-refractivity contribution is 0.0920. The molecule has 1 amide bonds. The van der Waals surface area contributed by atoms with Gasteiger partial charge in [0.15, 0.2) is 5.76 Å². The average Bonchev–Trinajstić information content (AvgIpc) is 2.96. The molecule has 0 spiro atoms. The lowest BCUT2D eigenvalue weighted by Gasteiger charge is -2.08. The van der Waals surface area contributed by atoms with Crippen molar-refractivity contribution in [1.29, 1.82) is 0 Å². The van der Waals surface area contributed by atoms with Crippen LogP contribution in [0.5, 0.6) is 11.5 Å². The Morgan fingerprint density at radius 1 is 1.12 bits per heavy atom. The predicted molar refractivity (Wildman–Crippen MR) is 96.3 cm³/mol. The predicted octanol–water partition coefficient (Wildman–Crippen LogP) is 4.09. The van der Waals surface area contributed by atoms with Gasteiger partial charge in [0.1, 0.15) is 29.5 Å². The number of nitrogens with one attached hydrogen (secondary N) is 1. The second kappa shape index (κ2) is 7.91. The molecule has 0 saturated heterocycles. The molecule has 0 bridgehead atoms. The van der Waals surface area contributed by atoms with E-state index in [0.717, 1.165) is 5.75 Å². The van der Waals surface area contributed by atoms with Gasteiger partial charge in [0, 0.05) is 10.9 Å². The number of amides is 1. The van der Waals surface area contributed by atoms with Gasteiger partial charge >= 0.3 is 0 Å². The van der Waals surface area contributed by atoms with Crippen molar-refractivity contribution in [2.45, 2.75) is 13.8 Å². The Bertz CT molecular complexity index is 902. The van der Waals surface area contributed by atoms with Gasteiger partial charge in [0.2, 0.25) is 0 Å². The monoisotopic (exact) mass is 357 g/mol. The highest BCUT2D eigenvalue weighted by molar-refractivity contribution is 5.98. The topological polar surface area (TPSA) is 60.7 Å². The first-order chi connectivity index (χ1) is 12.6. The van der Waals surface area contributed by atoms with E-state index in [1.807, 2.05) is 31.2 Å². The maximum atomic E-state index is 13.3. The number of halogens is 1. The molecular weight excluding hydrogens is 337 g/mol. The minimum atomic E-state index is -0.364. The van der Waals surface area contributed by atoms with Gasteiger partial charge in [-0.2, -0.15) is 0 Å². The summed E-state index contributed by atoms with van der Waals surface area (Å²) < 4.78 is 29.8. The van der Waals surface area contributed by atoms with Crippen molar-refractivity contribution < 1.29 is 23.1 Å². The maximum Gasteiger partial charge on any atom is 0.287 e. The van der Waals surface area contributed by atoms with Crippen molar-refractivity contribution in [3.8, 4) is 11.5 Å². The van der Waals surface area contributed by atoms with E-state index in [9.17, 15) is 9.18 Å². The van der Waals surface area contributed by atoms with Crippen molar-refractivity contribution in [2.24, 2.45) is 0 Å². The summed E-state index contributed by atoms with van der Waals surface area (Å²) in [5.74, 6) is 0.946. The highest BCUT2D eigenvalue weighted by Crippen LogP contribution is 2.25. The van der Waals surface area contributed by atoms with E-state index in [0.29, 0.717) is 42.0 Å². The molecule has 1 aromatic heterocycles. The van der Waals surface area contributed by atoms with Gasteiger partial charge in [0.25, 0.3) is 5.91 Å². The van der Waals surface area contributed by atoms with Gasteiger partial charge in [-0.1, -0.05) is 0 Å². The van der Waals surface area contributed by atoms with Crippen LogP contribution in [0, 0.1) is 12.7 Å². The van der Waals surface area contributed by atoms with Crippen molar-refractivity contribution in [1.82, 2.24) is 5.32 Å². The Kier molecular flexibility index (Phi) is 5.41. The number of benzene rings is 2. The number of furan rings is 1. The standard InChI is InChI=1S/C20H20FNO4/c1-3-24-15-5-7-16(8-6-15)25-11-10-22-20(23)19-13(2)17-12-14(21)4-9-18(17)26-19/h4-9,12H,3,10-11H2,1-2H3,(H,22,23). The van der Waals surface area contributed by atoms with Crippen molar-refractivity contribution in [2.75, 3.05) is 19.8 Å². The Labute approximate surface area is 150 Å². The molecule has 0 atom stereocenters. The fraction of sp³-hybridized carbons (Fsp3) is 0.250. The zero-order valence-corrected chi connectivity index (χ0v) is 14.7. The van der Waals surface area contributed by atoms with Crippen LogP contribution in [-0.2, 0) is 0 Å². The van der Waals surface area contributed by atoms with Crippen LogP contribution in [0.1, 0.15) is 23.0 Å². The van der Waals surface area contributed by atoms with Crippen LogP contribution < -0.4 is 14.8 Å². The molecule has 0 aliphatic rings. The first-order valence-corrected chi connectivity index (χ1v) is 8.41. The van der Waals surface area contributed by atoms with Crippen molar-refractivity contribution in [3.05, 3.63) is 59.6 Å². The summed E-state index contributed by atoms with van der Waals surface area (Å²) in [6.45, 7) is 4.90. The highest BCUT2D eigenvalue weighted by Gasteiger charge is 2.17. The van der Waals surface area contributed by atoms with Crippen LogP contribution in [0.25, 0.3) is 11.0 Å². The second-order valence-corrected chi connectivity index (χ2v) is 5.71. The van der Waals surface area contributed by atoms with E-state index < -0.39 is 0 Å². The molecule has 3 aromatic rings. The Balaban J connectivity index is 1.53. The summed E-state index contributed by atoms with van der Waals surface area (Å²) in [7, 11) is 0. The van der Waals surface area contributed by atoms with Crippen LogP contribution in [-0.4, -0.2) is 25.7 Å². The van der Waals surface area contributed by atoms with E-state index in [1.54, 1.807) is 6.92 Å². The average molecular weight is 357 g/mol. The number of hydrogen-bond donors (Lipinski definition) is 1. The van der Waals surface area contributed by atoms with Gasteiger partial charge < -0.3 is 19.2 Å². The van der Waals surface area contributed by atoms with E-state index in [2.05, 4.69) is 5.32 Å². The van der Waals surface area contributed by atoms with E-state index in [1.165, 1.54) is 18.2 Å². The van der Waals surface area contributed by atoms with Crippen LogP contribution in [0.2, 0.25) is 0 Å². The van der Waals surface area contributed by atoms with Crippen LogP contribution in [0.3, 0.4) is 0 Å². The summed E-state index contributed by atoms with van der Waals surface area (Å²) in [6.07, 6.45) is 0. The van der Waals surface area contributed by atoms with Gasteiger partial charge in [-0.05, 0) is 56.3 Å². The molecule has 2 aromatic carbocycles. The Morgan fingerprint density at radius 2 is 1.81 bits per heavy atom. The third-order valence-electron chi connectivity index (χ3n) is 3.90. The zero-order chi connectivity index (χ0) is 18.5. The molecule has 136 valence electrons. The molecule has 26 heavy (non-hydrogen) atoms. The minimum absolute atomic E-state index is 0.187. The molecule has 0 saturated carbocycles. The summed E-state index contributed by atoms with van der Waals surface area (Å²) in [6, 6.07) is 11.5. The molecule has 0 radical (unpaired) electrons. The number of hydrogen-bond acceptors (Lipinski definition) is 4. The number of rotatable bonds is 7. The van der Waals surface area contributed by atoms with Crippen LogP contribution in [0.4, 0.5) is 4.39 Å². The molecule has 0 fully saturated rings. The number of carbonyl (C=O) groups excluding carboxylic acids is 1. The first kappa shape index (κ1) is 17.8. The summed E-state index contributed by atoms with van der Waals surface area (Å²) in [5, 5.41) is 3.34. The molecule has 5 nitrogen and oxygen atoms in total. The molecule has 0 aliphatic heterocycles. The second-order valence-electron chi connectivity index (χ2n) is 5.71. The summed E-state index contributed by atoms with van der Waals surface area (Å²) in [4.78, 5) is 12.3. The van der Waals surface area contributed by atoms with Crippen molar-refractivity contribution >= 4 is 16.9 Å². The van der Waals surface area contributed by atoms with Gasteiger partial charge in [0.05, 0.1) is 13.2 Å². The Hall–Kier alpha value is -3.02. The van der Waals surface area contributed by atoms with Crippen LogP contribution in [0.15, 0.2) is 46.9 Å². The number of fused-ring (bicyclic) bond motifs is 1. The largest absolute Gasteiger partial charge is 0.494 e. The van der Waals surface area contributed by atoms with Crippen molar-refractivity contribution in [3.63, 3.8) is 0 Å². The quantitative estimate of drug-likeness (QED) is 0.647. The fourth-order valence-electron chi connectivity index (χ4n) is 2.62. The molecule has 0 unspecified atom stereocenters. The highest BCUT2D eigenvalue weighted by atomic mass is 19.1. The molecule has 0 aliphatic carbocycles. The molecular formula is C20H20FNO4. The molecule has 6 heteroatoms.